The minimum absolute atomic E-state index is 0. The lowest BCUT2D eigenvalue weighted by Gasteiger charge is -2.13. The van der Waals surface area contributed by atoms with Gasteiger partial charge in [-0.15, -0.1) is 24.8 Å². The maximum atomic E-state index is 12.4. The number of unbranched alkanes of at least 4 members (excludes halogenated alkanes) is 1. The number of para-hydroxylation sites is 1. The van der Waals surface area contributed by atoms with Gasteiger partial charge in [-0.25, -0.2) is 4.79 Å². The summed E-state index contributed by atoms with van der Waals surface area (Å²) in [6, 6.07) is 7.04. The molecule has 2 heterocycles. The number of hydrogen-bond donors (Lipinski definition) is 3. The number of nitrogens with zero attached hydrogens (tertiary/aromatic N) is 2. The summed E-state index contributed by atoms with van der Waals surface area (Å²) >= 11 is 0. The number of aromatic amines is 1. The van der Waals surface area contributed by atoms with E-state index in [0.717, 1.165) is 45.4 Å². The van der Waals surface area contributed by atoms with Crippen LogP contribution in [0.15, 0.2) is 33.9 Å². The molecule has 1 fully saturated rings. The number of H-pyrrole nitrogens is 1. The molecule has 0 atom stereocenters. The van der Waals surface area contributed by atoms with Gasteiger partial charge < -0.3 is 15.6 Å². The van der Waals surface area contributed by atoms with Crippen LogP contribution in [0.1, 0.15) is 38.5 Å². The van der Waals surface area contributed by atoms with Crippen molar-refractivity contribution < 1.29 is 9.59 Å². The van der Waals surface area contributed by atoms with Crippen LogP contribution in [-0.4, -0.2) is 59.0 Å². The van der Waals surface area contributed by atoms with Crippen LogP contribution in [0.4, 0.5) is 0 Å². The fourth-order valence-electron chi connectivity index (χ4n) is 3.75. The third-order valence-corrected chi connectivity index (χ3v) is 5.47. The summed E-state index contributed by atoms with van der Waals surface area (Å²) in [5, 5.41) is 7.21. The molecule has 1 aliphatic rings. The number of amides is 2. The molecule has 3 N–H and O–H groups in total. The smallest absolute Gasteiger partial charge is 0.317 e. The summed E-state index contributed by atoms with van der Waals surface area (Å²) in [6.45, 7) is 4.20. The molecular formula is C22H33Cl2N5O4. The average molecular weight is 502 g/mol. The molecule has 1 aromatic carbocycles. The quantitative estimate of drug-likeness (QED) is 0.282. The number of fused-ring (bicyclic) bond motifs is 1. The van der Waals surface area contributed by atoms with Gasteiger partial charge in [-0.05, 0) is 64.0 Å². The first kappa shape index (κ1) is 28.8. The van der Waals surface area contributed by atoms with Crippen LogP contribution in [0, 0.1) is 0 Å². The highest BCUT2D eigenvalue weighted by Gasteiger charge is 2.27. The van der Waals surface area contributed by atoms with Crippen LogP contribution in [0.5, 0.6) is 0 Å². The second kappa shape index (κ2) is 14.8. The molecule has 0 aliphatic carbocycles. The van der Waals surface area contributed by atoms with Crippen molar-refractivity contribution in [3.8, 4) is 0 Å². The van der Waals surface area contributed by atoms with E-state index in [1.54, 1.807) is 24.3 Å². The zero-order chi connectivity index (χ0) is 22.1. The van der Waals surface area contributed by atoms with E-state index in [9.17, 15) is 19.2 Å². The first-order chi connectivity index (χ1) is 15.1. The Kier molecular flexibility index (Phi) is 13.0. The normalized spacial score (nSPS) is 13.3. The topological polar surface area (TPSA) is 116 Å². The first-order valence-corrected chi connectivity index (χ1v) is 11.0. The molecule has 0 bridgehead atoms. The molecule has 1 saturated heterocycles. The molecule has 3 rings (SSSR count). The Morgan fingerprint density at radius 3 is 1.94 bits per heavy atom. The van der Waals surface area contributed by atoms with Gasteiger partial charge in [-0.3, -0.25) is 23.9 Å². The van der Waals surface area contributed by atoms with Crippen LogP contribution in [0.2, 0.25) is 0 Å². The number of halogens is 2. The molecule has 0 saturated carbocycles. The van der Waals surface area contributed by atoms with Crippen molar-refractivity contribution in [2.24, 2.45) is 0 Å². The summed E-state index contributed by atoms with van der Waals surface area (Å²) in [4.78, 5) is 51.7. The van der Waals surface area contributed by atoms with Crippen molar-refractivity contribution in [2.45, 2.75) is 45.1 Å². The highest BCUT2D eigenvalue weighted by molar-refractivity contribution is 6.01. The average Bonchev–Trinajstić information content (AvgIpc) is 3.08. The van der Waals surface area contributed by atoms with Gasteiger partial charge in [0.1, 0.15) is 0 Å². The molecule has 1 aliphatic heterocycles. The van der Waals surface area contributed by atoms with Crippen molar-refractivity contribution in [1.29, 1.82) is 0 Å². The first-order valence-electron chi connectivity index (χ1n) is 11.0. The standard InChI is InChI=1S/C22H31N5O4.2ClH/c28-19-9-10-20(29)26(19)15-5-13-23-11-3-4-12-24-14-6-16-27-21(30)17-7-1-2-8-18(17)25-22(27)31;;/h1-2,7-8,23-24H,3-6,9-16H2,(H,25,31);2*1H. The summed E-state index contributed by atoms with van der Waals surface area (Å²) in [5.41, 5.74) is -0.0457. The van der Waals surface area contributed by atoms with Gasteiger partial charge in [0.25, 0.3) is 5.56 Å². The van der Waals surface area contributed by atoms with E-state index in [1.165, 1.54) is 9.47 Å². The van der Waals surface area contributed by atoms with Crippen LogP contribution in [0.3, 0.4) is 0 Å². The van der Waals surface area contributed by atoms with Crippen molar-refractivity contribution in [3.63, 3.8) is 0 Å². The van der Waals surface area contributed by atoms with Crippen molar-refractivity contribution in [2.75, 3.05) is 32.7 Å². The summed E-state index contributed by atoms with van der Waals surface area (Å²) in [7, 11) is 0. The third kappa shape index (κ3) is 8.26. The fourth-order valence-corrected chi connectivity index (χ4v) is 3.75. The highest BCUT2D eigenvalue weighted by atomic mass is 35.5. The molecule has 2 aromatic rings. The number of carbonyl (C=O) groups excluding carboxylic acids is 2. The van der Waals surface area contributed by atoms with Crippen LogP contribution < -0.4 is 21.9 Å². The number of rotatable bonds is 13. The Labute approximate surface area is 205 Å². The zero-order valence-corrected chi connectivity index (χ0v) is 20.3. The Bertz CT molecular complexity index is 1010. The number of hydrogen-bond acceptors (Lipinski definition) is 6. The van der Waals surface area contributed by atoms with E-state index >= 15 is 0 Å². The van der Waals surface area contributed by atoms with Gasteiger partial charge in [0.05, 0.1) is 10.9 Å². The highest BCUT2D eigenvalue weighted by Crippen LogP contribution is 2.11. The van der Waals surface area contributed by atoms with E-state index in [2.05, 4.69) is 15.6 Å². The van der Waals surface area contributed by atoms with Gasteiger partial charge in [-0.2, -0.15) is 0 Å². The number of imide groups is 1. The molecule has 0 unspecified atom stereocenters. The molecule has 0 radical (unpaired) electrons. The van der Waals surface area contributed by atoms with Gasteiger partial charge in [-0.1, -0.05) is 12.1 Å². The molecule has 1 aromatic heterocycles. The van der Waals surface area contributed by atoms with E-state index in [-0.39, 0.29) is 47.9 Å². The number of likely N-dealkylation sites (tertiary alicyclic amines) is 1. The van der Waals surface area contributed by atoms with Gasteiger partial charge in [0.2, 0.25) is 11.8 Å². The Morgan fingerprint density at radius 2 is 1.30 bits per heavy atom. The summed E-state index contributed by atoms with van der Waals surface area (Å²) < 4.78 is 1.26. The molecule has 33 heavy (non-hydrogen) atoms. The van der Waals surface area contributed by atoms with E-state index < -0.39 is 0 Å². The maximum absolute atomic E-state index is 12.4. The lowest BCUT2D eigenvalue weighted by Crippen LogP contribution is -2.35. The minimum Gasteiger partial charge on any atom is -0.317 e. The molecular weight excluding hydrogens is 469 g/mol. The number of aromatic nitrogens is 2. The maximum Gasteiger partial charge on any atom is 0.328 e. The minimum atomic E-state index is -0.367. The SMILES string of the molecule is Cl.Cl.O=C1CCC(=O)N1CCCNCCCCNCCCn1c(=O)[nH]c2ccccc2c1=O. The van der Waals surface area contributed by atoms with Crippen molar-refractivity contribution >= 4 is 47.5 Å². The summed E-state index contributed by atoms with van der Waals surface area (Å²) in [6.07, 6.45) is 4.24. The van der Waals surface area contributed by atoms with E-state index in [1.807, 2.05) is 0 Å². The van der Waals surface area contributed by atoms with Crippen LogP contribution >= 0.6 is 24.8 Å². The van der Waals surface area contributed by atoms with Gasteiger partial charge in [0.15, 0.2) is 0 Å². The fraction of sp³-hybridized carbons (Fsp3) is 0.545. The molecule has 0 spiro atoms. The number of benzene rings is 1. The molecule has 184 valence electrons. The largest absolute Gasteiger partial charge is 0.328 e. The monoisotopic (exact) mass is 501 g/mol. The Balaban J connectivity index is 0.00000272. The van der Waals surface area contributed by atoms with Gasteiger partial charge in [0, 0.05) is 25.9 Å². The predicted octanol–water partition coefficient (Wildman–Crippen LogP) is 1.42. The third-order valence-electron chi connectivity index (χ3n) is 5.47. The predicted molar refractivity (Wildman–Crippen MR) is 133 cm³/mol. The molecule has 2 amide bonds. The molecule has 11 heteroatoms. The summed E-state index contributed by atoms with van der Waals surface area (Å²) in [5.74, 6) is -0.0997. The van der Waals surface area contributed by atoms with Gasteiger partial charge >= 0.3 is 5.69 Å². The van der Waals surface area contributed by atoms with Crippen LogP contribution in [0.25, 0.3) is 10.9 Å². The zero-order valence-electron chi connectivity index (χ0n) is 18.6. The lowest BCUT2D eigenvalue weighted by atomic mass is 10.2. The second-order valence-corrected chi connectivity index (χ2v) is 7.79. The Hall–Kier alpha value is -2.20. The van der Waals surface area contributed by atoms with Crippen molar-refractivity contribution in [3.05, 3.63) is 45.1 Å². The lowest BCUT2D eigenvalue weighted by molar-refractivity contribution is -0.138. The van der Waals surface area contributed by atoms with Crippen LogP contribution in [-0.2, 0) is 16.1 Å². The molecule has 9 nitrogen and oxygen atoms in total. The van der Waals surface area contributed by atoms with E-state index in [0.29, 0.717) is 43.3 Å². The van der Waals surface area contributed by atoms with Crippen molar-refractivity contribution in [1.82, 2.24) is 25.1 Å². The number of nitrogens with one attached hydrogen (secondary N) is 3. The number of carbonyl (C=O) groups is 2. The van der Waals surface area contributed by atoms with E-state index in [4.69, 9.17) is 0 Å². The second-order valence-electron chi connectivity index (χ2n) is 7.79. The Morgan fingerprint density at radius 1 is 0.758 bits per heavy atom.